The number of carbonyl (C=O) groups excluding carboxylic acids is 2. The van der Waals surface area contributed by atoms with Crippen molar-refractivity contribution < 1.29 is 38.4 Å². The number of amides is 1. The lowest BCUT2D eigenvalue weighted by Crippen LogP contribution is -2.32. The van der Waals surface area contributed by atoms with Crippen LogP contribution in [0, 0.1) is 0 Å². The predicted molar refractivity (Wildman–Crippen MR) is 144 cm³/mol. The summed E-state index contributed by atoms with van der Waals surface area (Å²) in [4.78, 5) is 27.8. The molecule has 204 valence electrons. The number of likely N-dealkylation sites (tertiary alicyclic amines) is 1. The smallest absolute Gasteiger partial charge is 0.295 e. The molecule has 0 bridgehead atoms. The number of aliphatic hydroxyl groups excluding tert-OH is 1. The zero-order valence-electron chi connectivity index (χ0n) is 22.3. The van der Waals surface area contributed by atoms with E-state index in [0.29, 0.717) is 40.7 Å². The van der Waals surface area contributed by atoms with Gasteiger partial charge in [0.15, 0.2) is 11.5 Å². The highest BCUT2D eigenvalue weighted by molar-refractivity contribution is 6.46. The quantitative estimate of drug-likeness (QED) is 0.220. The van der Waals surface area contributed by atoms with Crippen LogP contribution in [0.3, 0.4) is 0 Å². The number of hydrogen-bond acceptors (Lipinski definition) is 8. The number of ketones is 1. The molecule has 39 heavy (non-hydrogen) atoms. The topological polar surface area (TPSA) is 104 Å². The number of nitrogens with zero attached hydrogens (tertiary/aromatic N) is 1. The summed E-state index contributed by atoms with van der Waals surface area (Å²) in [5.74, 6) is -0.183. The first-order chi connectivity index (χ1) is 18.9. The number of hydrogen-bond donors (Lipinski definition) is 1. The van der Waals surface area contributed by atoms with Crippen molar-refractivity contribution in [2.24, 2.45) is 0 Å². The van der Waals surface area contributed by atoms with Crippen molar-refractivity contribution in [1.29, 1.82) is 0 Å². The molecule has 1 aliphatic heterocycles. The fraction of sp³-hybridized carbons (Fsp3) is 0.267. The zero-order valence-corrected chi connectivity index (χ0v) is 22.3. The first-order valence-corrected chi connectivity index (χ1v) is 12.3. The fourth-order valence-electron chi connectivity index (χ4n) is 4.51. The van der Waals surface area contributed by atoms with Crippen LogP contribution in [0.5, 0.6) is 23.0 Å². The molecule has 0 saturated carbocycles. The Hall–Kier alpha value is -4.50. The van der Waals surface area contributed by atoms with Crippen molar-refractivity contribution in [1.82, 2.24) is 4.90 Å². The third-order valence-corrected chi connectivity index (χ3v) is 6.46. The lowest BCUT2D eigenvalue weighted by Gasteiger charge is -2.26. The molecular weight excluding hydrogens is 502 g/mol. The minimum Gasteiger partial charge on any atom is -0.507 e. The van der Waals surface area contributed by atoms with Gasteiger partial charge in [0.05, 0.1) is 39.6 Å². The van der Waals surface area contributed by atoms with Crippen molar-refractivity contribution >= 4 is 17.4 Å². The Morgan fingerprint density at radius 1 is 0.872 bits per heavy atom. The van der Waals surface area contributed by atoms with Crippen molar-refractivity contribution in [3.8, 4) is 23.0 Å². The minimum atomic E-state index is -0.914. The summed E-state index contributed by atoms with van der Waals surface area (Å²) >= 11 is 0. The molecule has 9 heteroatoms. The van der Waals surface area contributed by atoms with Gasteiger partial charge in [-0.05, 0) is 47.5 Å². The monoisotopic (exact) mass is 533 g/mol. The number of carbonyl (C=O) groups is 2. The highest BCUT2D eigenvalue weighted by Gasteiger charge is 2.46. The number of methoxy groups -OCH3 is 4. The van der Waals surface area contributed by atoms with Crippen molar-refractivity contribution in [3.63, 3.8) is 0 Å². The lowest BCUT2D eigenvalue weighted by molar-refractivity contribution is -0.140. The number of ether oxygens (including phenoxy) is 5. The van der Waals surface area contributed by atoms with E-state index >= 15 is 0 Å². The summed E-state index contributed by atoms with van der Waals surface area (Å²) in [7, 11) is 5.94. The molecule has 1 aliphatic rings. The van der Waals surface area contributed by atoms with Crippen molar-refractivity contribution in [2.75, 3.05) is 41.6 Å². The van der Waals surface area contributed by atoms with Gasteiger partial charge in [-0.2, -0.15) is 0 Å². The zero-order chi connectivity index (χ0) is 27.9. The van der Waals surface area contributed by atoms with Gasteiger partial charge in [-0.15, -0.1) is 0 Å². The van der Waals surface area contributed by atoms with E-state index in [4.69, 9.17) is 23.7 Å². The molecule has 3 aromatic rings. The van der Waals surface area contributed by atoms with E-state index in [1.165, 1.54) is 33.3 Å². The number of benzene rings is 3. The second-order valence-electron chi connectivity index (χ2n) is 8.74. The molecule has 4 rings (SSSR count). The van der Waals surface area contributed by atoms with Gasteiger partial charge in [0.2, 0.25) is 5.75 Å². The summed E-state index contributed by atoms with van der Waals surface area (Å²) in [6.45, 7) is 0.713. The van der Waals surface area contributed by atoms with Gasteiger partial charge < -0.3 is 33.7 Å². The van der Waals surface area contributed by atoms with E-state index in [9.17, 15) is 14.7 Å². The summed E-state index contributed by atoms with van der Waals surface area (Å²) in [6, 6.07) is 18.8. The molecule has 1 heterocycles. The average Bonchev–Trinajstić information content (AvgIpc) is 3.23. The van der Waals surface area contributed by atoms with E-state index in [-0.39, 0.29) is 24.5 Å². The fourth-order valence-corrected chi connectivity index (χ4v) is 4.51. The molecule has 1 amide bonds. The first kappa shape index (κ1) is 27.5. The third-order valence-electron chi connectivity index (χ3n) is 6.46. The molecular formula is C30H31NO8. The molecule has 1 N–H and O–H groups in total. The second-order valence-corrected chi connectivity index (χ2v) is 8.74. The highest BCUT2D eigenvalue weighted by atomic mass is 16.5. The van der Waals surface area contributed by atoms with Gasteiger partial charge in [0, 0.05) is 19.2 Å². The predicted octanol–water partition coefficient (Wildman–Crippen LogP) is 4.36. The molecule has 1 atom stereocenters. The standard InChI is InChI=1S/C30H31NO8/c1-35-15-14-31-26(21-16-23(36-2)29(38-4)24(17-21)37-3)25(28(33)30(31)34)27(32)20-10-12-22(13-11-20)39-18-19-8-6-5-7-9-19/h5-13,16-17,26,32H,14-15,18H2,1-4H3/b27-25+. The van der Waals surface area contributed by atoms with E-state index in [2.05, 4.69) is 0 Å². The van der Waals surface area contributed by atoms with Gasteiger partial charge in [-0.3, -0.25) is 9.59 Å². The number of aliphatic hydroxyl groups is 1. The molecule has 3 aromatic carbocycles. The van der Waals surface area contributed by atoms with E-state index in [1.807, 2.05) is 30.3 Å². The SMILES string of the molecule is COCCN1C(=O)C(=O)/C(=C(/O)c2ccc(OCc3ccccc3)cc2)C1c1cc(OC)c(OC)c(OC)c1. The Balaban J connectivity index is 1.74. The molecule has 1 saturated heterocycles. The Labute approximate surface area is 227 Å². The largest absolute Gasteiger partial charge is 0.507 e. The Bertz CT molecular complexity index is 1330. The average molecular weight is 534 g/mol. The normalized spacial score (nSPS) is 16.3. The Morgan fingerprint density at radius 2 is 1.51 bits per heavy atom. The van der Waals surface area contributed by atoms with E-state index in [0.717, 1.165) is 5.56 Å². The van der Waals surface area contributed by atoms with Crippen LogP contribution in [0.2, 0.25) is 0 Å². The number of rotatable bonds is 11. The van der Waals surface area contributed by atoms with Gasteiger partial charge >= 0.3 is 0 Å². The van der Waals surface area contributed by atoms with Gasteiger partial charge in [0.1, 0.15) is 18.1 Å². The van der Waals surface area contributed by atoms with E-state index < -0.39 is 17.7 Å². The Morgan fingerprint density at radius 3 is 2.08 bits per heavy atom. The molecule has 0 aromatic heterocycles. The highest BCUT2D eigenvalue weighted by Crippen LogP contribution is 2.45. The van der Waals surface area contributed by atoms with Gasteiger partial charge in [-0.1, -0.05) is 30.3 Å². The van der Waals surface area contributed by atoms with Crippen molar-refractivity contribution in [3.05, 3.63) is 89.0 Å². The summed E-state index contributed by atoms with van der Waals surface area (Å²) in [6.07, 6.45) is 0. The van der Waals surface area contributed by atoms with Gasteiger partial charge in [0.25, 0.3) is 11.7 Å². The lowest BCUT2D eigenvalue weighted by atomic mass is 9.94. The molecule has 1 fully saturated rings. The maximum absolute atomic E-state index is 13.3. The van der Waals surface area contributed by atoms with Gasteiger partial charge in [-0.25, -0.2) is 0 Å². The van der Waals surface area contributed by atoms with E-state index in [1.54, 1.807) is 36.4 Å². The molecule has 0 spiro atoms. The van der Waals surface area contributed by atoms with Crippen LogP contribution in [0.15, 0.2) is 72.3 Å². The van der Waals surface area contributed by atoms with Crippen LogP contribution in [0.4, 0.5) is 0 Å². The molecule has 1 unspecified atom stereocenters. The van der Waals surface area contributed by atoms with Crippen LogP contribution < -0.4 is 18.9 Å². The third kappa shape index (κ3) is 5.68. The minimum absolute atomic E-state index is 0.0525. The van der Waals surface area contributed by atoms with Crippen LogP contribution in [-0.2, 0) is 20.9 Å². The maximum atomic E-state index is 13.3. The van der Waals surface area contributed by atoms with Crippen LogP contribution >= 0.6 is 0 Å². The molecule has 0 radical (unpaired) electrons. The number of Topliss-reactive ketones (excluding diaryl/α,β-unsaturated/α-hetero) is 1. The first-order valence-electron chi connectivity index (χ1n) is 12.3. The summed E-state index contributed by atoms with van der Waals surface area (Å²) < 4.78 is 27.4. The summed E-state index contributed by atoms with van der Waals surface area (Å²) in [5, 5.41) is 11.4. The maximum Gasteiger partial charge on any atom is 0.295 e. The summed E-state index contributed by atoms with van der Waals surface area (Å²) in [5.41, 5.74) is 1.84. The van der Waals surface area contributed by atoms with Crippen LogP contribution in [-0.4, -0.2) is 63.3 Å². The molecule has 0 aliphatic carbocycles. The second kappa shape index (κ2) is 12.4. The Kier molecular flexibility index (Phi) is 8.73. The molecule has 9 nitrogen and oxygen atoms in total. The van der Waals surface area contributed by atoms with Crippen LogP contribution in [0.25, 0.3) is 5.76 Å². The van der Waals surface area contributed by atoms with Crippen LogP contribution in [0.1, 0.15) is 22.7 Å². The van der Waals surface area contributed by atoms with Crippen molar-refractivity contribution in [2.45, 2.75) is 12.6 Å².